The first kappa shape index (κ1) is 71.8. The van der Waals surface area contributed by atoms with Gasteiger partial charge >= 0.3 is 17.9 Å². The monoisotopic (exact) mass is 1060 g/mol. The summed E-state index contributed by atoms with van der Waals surface area (Å²) in [5.74, 6) is -1.08. The van der Waals surface area contributed by atoms with E-state index in [4.69, 9.17) is 14.2 Å². The van der Waals surface area contributed by atoms with Crippen molar-refractivity contribution in [3.8, 4) is 0 Å². The highest BCUT2D eigenvalue weighted by Gasteiger charge is 2.19. The fourth-order valence-corrected chi connectivity index (χ4v) is 7.74. The van der Waals surface area contributed by atoms with Crippen molar-refractivity contribution in [2.75, 3.05) is 13.2 Å². The zero-order valence-electron chi connectivity index (χ0n) is 49.1. The quantitative estimate of drug-likeness (QED) is 0.0261. The van der Waals surface area contributed by atoms with E-state index in [2.05, 4.69) is 179 Å². The molecule has 0 aliphatic carbocycles. The topological polar surface area (TPSA) is 78.9 Å². The molecule has 0 spiro atoms. The Labute approximate surface area is 472 Å². The number of esters is 3. The summed E-state index contributed by atoms with van der Waals surface area (Å²) in [7, 11) is 0. The van der Waals surface area contributed by atoms with Crippen LogP contribution in [-0.4, -0.2) is 37.2 Å². The van der Waals surface area contributed by atoms with E-state index in [1.54, 1.807) is 6.08 Å². The van der Waals surface area contributed by atoms with Gasteiger partial charge in [-0.15, -0.1) is 0 Å². The standard InChI is InChI=1S/C71H110O6/c1-4-7-10-13-16-19-21-23-25-26-27-28-29-30-31-32-33-34-35-36-37-38-39-40-41-42-43-44-46-47-49-52-55-58-61-64-70(73)76-67-68(66-75-69(72)63-60-57-54-51-18-15-12-9-6-3)77-71(74)65-62-59-56-53-50-48-45-24-22-20-17-14-11-8-5-2/h7-8,10-11,16-17,19-20,23-25,27-28,30-31,33-34,36-37,39-40,42-43,45,50,53,59,62,68H,4-6,9,12-15,18,21-22,26,29,32,35,38,41,44,46-49,51-52,54-58,60-61,63-67H2,1-3H3/b10-7-,11-8-,19-16-,20-17-,25-23-,28-27-,31-30-,34-33-,37-36-,40-39-,43-42-,45-24-,53-50-,62-59-. The predicted octanol–water partition coefficient (Wildman–Crippen LogP) is 21.1. The normalized spacial score (nSPS) is 13.3. The van der Waals surface area contributed by atoms with Crippen molar-refractivity contribution in [3.05, 3.63) is 170 Å². The molecule has 6 heteroatoms. The SMILES string of the molecule is CC/C=C\C/C=C\C/C=C\C/C=C\C/C=C\C/C=C\C/C=C\C/C=C\C/C=C\CCCCCCCCCC(=O)OCC(COC(=O)CCCCCCCCCCC)OC(=O)C/C=C\C/C=C\C/C=C\C/C=C\C/C=C\CC. The molecule has 0 bridgehead atoms. The number of carbonyl (C=O) groups is 3. The van der Waals surface area contributed by atoms with Gasteiger partial charge in [-0.3, -0.25) is 14.4 Å². The maximum absolute atomic E-state index is 12.8. The number of hydrogen-bond acceptors (Lipinski definition) is 6. The van der Waals surface area contributed by atoms with Crippen LogP contribution < -0.4 is 0 Å². The van der Waals surface area contributed by atoms with E-state index in [0.29, 0.717) is 19.3 Å². The fourth-order valence-electron chi connectivity index (χ4n) is 7.74. The van der Waals surface area contributed by atoms with Crippen LogP contribution in [0.15, 0.2) is 170 Å². The first-order chi connectivity index (χ1) is 38.0. The van der Waals surface area contributed by atoms with Gasteiger partial charge in [0.15, 0.2) is 6.10 Å². The Hall–Kier alpha value is -5.23. The molecule has 0 rings (SSSR count). The summed E-state index contributed by atoms with van der Waals surface area (Å²) in [6.07, 6.45) is 94.0. The second kappa shape index (κ2) is 63.3. The Kier molecular flexibility index (Phi) is 59.0. The Morgan fingerprint density at radius 3 is 0.857 bits per heavy atom. The van der Waals surface area contributed by atoms with Gasteiger partial charge in [-0.1, -0.05) is 274 Å². The molecule has 0 radical (unpaired) electrons. The lowest BCUT2D eigenvalue weighted by Gasteiger charge is -2.18. The molecule has 0 heterocycles. The number of rotatable bonds is 53. The number of ether oxygens (including phenoxy) is 3. The Morgan fingerprint density at radius 1 is 0.286 bits per heavy atom. The maximum atomic E-state index is 12.8. The van der Waals surface area contributed by atoms with E-state index in [0.717, 1.165) is 135 Å². The molecule has 0 saturated heterocycles. The highest BCUT2D eigenvalue weighted by atomic mass is 16.6. The number of allylic oxidation sites excluding steroid dienone is 27. The summed E-state index contributed by atoms with van der Waals surface area (Å²) in [5, 5.41) is 0. The molecule has 0 aliphatic heterocycles. The van der Waals surface area contributed by atoms with Crippen molar-refractivity contribution in [2.45, 2.75) is 245 Å². The van der Waals surface area contributed by atoms with E-state index in [9.17, 15) is 14.4 Å². The second-order valence-corrected chi connectivity index (χ2v) is 19.5. The first-order valence-electron chi connectivity index (χ1n) is 30.6. The molecule has 0 saturated carbocycles. The summed E-state index contributed by atoms with van der Waals surface area (Å²) in [6, 6.07) is 0. The molecule has 0 fully saturated rings. The molecule has 6 nitrogen and oxygen atoms in total. The molecule has 77 heavy (non-hydrogen) atoms. The largest absolute Gasteiger partial charge is 0.462 e. The van der Waals surface area contributed by atoms with Crippen molar-refractivity contribution in [1.29, 1.82) is 0 Å². The van der Waals surface area contributed by atoms with Crippen molar-refractivity contribution >= 4 is 17.9 Å². The van der Waals surface area contributed by atoms with Gasteiger partial charge in [0, 0.05) is 12.8 Å². The van der Waals surface area contributed by atoms with E-state index < -0.39 is 12.1 Å². The zero-order valence-corrected chi connectivity index (χ0v) is 49.1. The van der Waals surface area contributed by atoms with Gasteiger partial charge in [0.25, 0.3) is 0 Å². The van der Waals surface area contributed by atoms with E-state index in [1.807, 2.05) is 6.08 Å². The molecular weight excluding hydrogens is 949 g/mol. The predicted molar refractivity (Wildman–Crippen MR) is 334 cm³/mol. The maximum Gasteiger partial charge on any atom is 0.310 e. The molecule has 0 aromatic rings. The molecule has 0 aromatic heterocycles. The fraction of sp³-hybridized carbons (Fsp3) is 0.563. The Morgan fingerprint density at radius 2 is 0.545 bits per heavy atom. The average Bonchev–Trinajstić information content (AvgIpc) is 3.43. The molecule has 0 amide bonds. The smallest absolute Gasteiger partial charge is 0.310 e. The van der Waals surface area contributed by atoms with E-state index >= 15 is 0 Å². The van der Waals surface area contributed by atoms with Gasteiger partial charge in [0.05, 0.1) is 6.42 Å². The Bertz CT molecular complexity index is 1790. The highest BCUT2D eigenvalue weighted by Crippen LogP contribution is 2.13. The van der Waals surface area contributed by atoms with Crippen LogP contribution in [0.3, 0.4) is 0 Å². The van der Waals surface area contributed by atoms with Gasteiger partial charge in [-0.05, 0) is 116 Å². The lowest BCUT2D eigenvalue weighted by molar-refractivity contribution is -0.166. The Balaban J connectivity index is 4.27. The van der Waals surface area contributed by atoms with Gasteiger partial charge in [-0.2, -0.15) is 0 Å². The van der Waals surface area contributed by atoms with Crippen LogP contribution in [0, 0.1) is 0 Å². The minimum atomic E-state index is -0.842. The average molecular weight is 1060 g/mol. The highest BCUT2D eigenvalue weighted by molar-refractivity contribution is 5.72. The summed E-state index contributed by atoms with van der Waals surface area (Å²) in [5.41, 5.74) is 0. The third kappa shape index (κ3) is 61.5. The molecule has 1 unspecified atom stereocenters. The van der Waals surface area contributed by atoms with Crippen molar-refractivity contribution in [2.24, 2.45) is 0 Å². The van der Waals surface area contributed by atoms with E-state index in [1.165, 1.54) is 57.8 Å². The van der Waals surface area contributed by atoms with Gasteiger partial charge in [0.1, 0.15) is 13.2 Å². The van der Waals surface area contributed by atoms with Crippen LogP contribution in [0.2, 0.25) is 0 Å². The molecule has 0 N–H and O–H groups in total. The third-order valence-corrected chi connectivity index (χ3v) is 12.2. The summed E-state index contributed by atoms with van der Waals surface area (Å²) < 4.78 is 16.7. The lowest BCUT2D eigenvalue weighted by Crippen LogP contribution is -2.30. The minimum Gasteiger partial charge on any atom is -0.462 e. The zero-order chi connectivity index (χ0) is 55.7. The minimum absolute atomic E-state index is 0.0882. The number of hydrogen-bond donors (Lipinski definition) is 0. The van der Waals surface area contributed by atoms with Crippen molar-refractivity contribution < 1.29 is 28.6 Å². The van der Waals surface area contributed by atoms with Crippen LogP contribution in [0.4, 0.5) is 0 Å². The molecular formula is C71H110O6. The first-order valence-corrected chi connectivity index (χ1v) is 30.6. The third-order valence-electron chi connectivity index (χ3n) is 12.2. The van der Waals surface area contributed by atoms with Crippen LogP contribution in [0.1, 0.15) is 239 Å². The summed E-state index contributed by atoms with van der Waals surface area (Å²) in [4.78, 5) is 38.0. The van der Waals surface area contributed by atoms with Crippen LogP contribution in [0.5, 0.6) is 0 Å². The van der Waals surface area contributed by atoms with Crippen molar-refractivity contribution in [3.63, 3.8) is 0 Å². The summed E-state index contributed by atoms with van der Waals surface area (Å²) in [6.45, 7) is 6.28. The van der Waals surface area contributed by atoms with Crippen molar-refractivity contribution in [1.82, 2.24) is 0 Å². The second-order valence-electron chi connectivity index (χ2n) is 19.5. The molecule has 0 aliphatic rings. The lowest BCUT2D eigenvalue weighted by atomic mass is 10.1. The molecule has 1 atom stereocenters. The van der Waals surface area contributed by atoms with Crippen LogP contribution in [0.25, 0.3) is 0 Å². The van der Waals surface area contributed by atoms with Gasteiger partial charge < -0.3 is 14.2 Å². The number of carbonyl (C=O) groups excluding carboxylic acids is 3. The van der Waals surface area contributed by atoms with Gasteiger partial charge in [-0.25, -0.2) is 0 Å². The summed E-state index contributed by atoms with van der Waals surface area (Å²) >= 11 is 0. The number of unbranched alkanes of at least 4 members (excludes halogenated alkanes) is 15. The molecule has 430 valence electrons. The van der Waals surface area contributed by atoms with Crippen LogP contribution in [-0.2, 0) is 28.6 Å². The van der Waals surface area contributed by atoms with Crippen LogP contribution >= 0.6 is 0 Å². The molecule has 0 aromatic carbocycles. The van der Waals surface area contributed by atoms with Gasteiger partial charge in [0.2, 0.25) is 0 Å². The van der Waals surface area contributed by atoms with E-state index in [-0.39, 0.29) is 31.6 Å².